The molecule has 0 aliphatic carbocycles. The molecular weight excluding hydrogens is 184 g/mol. The molecule has 0 radical (unpaired) electrons. The normalized spacial score (nSPS) is 27.8. The fraction of sp³-hybridized carbons (Fsp3) is 1.00. The Labute approximate surface area is 95.4 Å². The third-order valence-corrected chi connectivity index (χ3v) is 3.57. The third-order valence-electron chi connectivity index (χ3n) is 3.57. The first-order valence-electron chi connectivity index (χ1n) is 6.64. The smallest absolute Gasteiger partial charge is 0.00960 e. The van der Waals surface area contributed by atoms with E-state index in [0.717, 1.165) is 18.6 Å². The van der Waals surface area contributed by atoms with Crippen molar-refractivity contribution in [2.45, 2.75) is 71.5 Å². The number of likely N-dealkylation sites (tertiary alicyclic amines) is 1. The molecule has 0 bridgehead atoms. The van der Waals surface area contributed by atoms with Crippen molar-refractivity contribution < 1.29 is 0 Å². The topological polar surface area (TPSA) is 15.3 Å². The molecule has 1 saturated heterocycles. The molecule has 0 saturated carbocycles. The van der Waals surface area contributed by atoms with E-state index in [2.05, 4.69) is 37.9 Å². The van der Waals surface area contributed by atoms with Crippen molar-refractivity contribution in [3.05, 3.63) is 0 Å². The monoisotopic (exact) mass is 212 g/mol. The van der Waals surface area contributed by atoms with Crippen molar-refractivity contribution in [3.8, 4) is 0 Å². The van der Waals surface area contributed by atoms with E-state index in [9.17, 15) is 0 Å². The summed E-state index contributed by atoms with van der Waals surface area (Å²) < 4.78 is 0. The Balaban J connectivity index is 2.18. The molecule has 0 aromatic rings. The molecular formula is C13H28N2. The molecule has 1 heterocycles. The first-order chi connectivity index (χ1) is 7.15. The maximum Gasteiger partial charge on any atom is 0.00960 e. The Hall–Kier alpha value is -0.0800. The number of hydrogen-bond donors (Lipinski definition) is 1. The van der Waals surface area contributed by atoms with E-state index in [1.807, 2.05) is 0 Å². The van der Waals surface area contributed by atoms with Gasteiger partial charge in [0, 0.05) is 18.1 Å². The molecule has 90 valence electrons. The summed E-state index contributed by atoms with van der Waals surface area (Å²) in [7, 11) is 0. The molecule has 0 amide bonds. The minimum atomic E-state index is 0.628. The summed E-state index contributed by atoms with van der Waals surface area (Å²) in [4.78, 5) is 2.71. The van der Waals surface area contributed by atoms with E-state index in [-0.39, 0.29) is 0 Å². The first-order valence-corrected chi connectivity index (χ1v) is 6.64. The van der Waals surface area contributed by atoms with Gasteiger partial charge in [0.25, 0.3) is 0 Å². The number of nitrogens with one attached hydrogen (secondary N) is 1. The average molecular weight is 212 g/mol. The van der Waals surface area contributed by atoms with Gasteiger partial charge in [0.1, 0.15) is 0 Å². The summed E-state index contributed by atoms with van der Waals surface area (Å²) in [5.41, 5.74) is 0. The van der Waals surface area contributed by atoms with Crippen LogP contribution in [0.1, 0.15) is 53.4 Å². The van der Waals surface area contributed by atoms with Crippen LogP contribution in [-0.4, -0.2) is 36.1 Å². The average Bonchev–Trinajstić information content (AvgIpc) is 2.54. The molecule has 15 heavy (non-hydrogen) atoms. The molecule has 1 N–H and O–H groups in total. The van der Waals surface area contributed by atoms with Crippen molar-refractivity contribution in [2.24, 2.45) is 0 Å². The van der Waals surface area contributed by atoms with Crippen LogP contribution in [0.15, 0.2) is 0 Å². The van der Waals surface area contributed by atoms with Gasteiger partial charge in [0.15, 0.2) is 0 Å². The van der Waals surface area contributed by atoms with Gasteiger partial charge in [0.2, 0.25) is 0 Å². The predicted molar refractivity (Wildman–Crippen MR) is 67.2 cm³/mol. The van der Waals surface area contributed by atoms with Crippen LogP contribution >= 0.6 is 0 Å². The van der Waals surface area contributed by atoms with Crippen molar-refractivity contribution in [1.82, 2.24) is 10.2 Å². The standard InChI is InChI=1S/C13H28N2/c1-5-13-8-7-12(4)15(13)10-6-9-14-11(2)3/h11-14H,5-10H2,1-4H3. The zero-order valence-electron chi connectivity index (χ0n) is 10.9. The highest BCUT2D eigenvalue weighted by atomic mass is 15.2. The van der Waals surface area contributed by atoms with Gasteiger partial charge in [-0.25, -0.2) is 0 Å². The summed E-state index contributed by atoms with van der Waals surface area (Å²) in [6, 6.07) is 2.30. The molecule has 1 fully saturated rings. The molecule has 1 aliphatic rings. The highest BCUT2D eigenvalue weighted by molar-refractivity contribution is 4.84. The molecule has 2 unspecified atom stereocenters. The quantitative estimate of drug-likeness (QED) is 0.681. The second kappa shape index (κ2) is 6.49. The minimum Gasteiger partial charge on any atom is -0.314 e. The summed E-state index contributed by atoms with van der Waals surface area (Å²) in [6.07, 6.45) is 5.42. The van der Waals surface area contributed by atoms with E-state index in [1.54, 1.807) is 0 Å². The molecule has 0 aromatic carbocycles. The summed E-state index contributed by atoms with van der Waals surface area (Å²) >= 11 is 0. The fourth-order valence-corrected chi connectivity index (χ4v) is 2.62. The predicted octanol–water partition coefficient (Wildman–Crippen LogP) is 2.64. The van der Waals surface area contributed by atoms with Gasteiger partial charge in [-0.05, 0) is 45.7 Å². The second-order valence-corrected chi connectivity index (χ2v) is 5.19. The van der Waals surface area contributed by atoms with Crippen molar-refractivity contribution in [1.29, 1.82) is 0 Å². The maximum atomic E-state index is 3.49. The van der Waals surface area contributed by atoms with Gasteiger partial charge in [-0.1, -0.05) is 20.8 Å². The number of hydrogen-bond acceptors (Lipinski definition) is 2. The molecule has 2 atom stereocenters. The Kier molecular flexibility index (Phi) is 5.62. The highest BCUT2D eigenvalue weighted by Gasteiger charge is 2.28. The van der Waals surface area contributed by atoms with Crippen molar-refractivity contribution in [2.75, 3.05) is 13.1 Å². The largest absolute Gasteiger partial charge is 0.314 e. The van der Waals surface area contributed by atoms with Gasteiger partial charge in [-0.3, -0.25) is 4.90 Å². The lowest BCUT2D eigenvalue weighted by Crippen LogP contribution is -2.36. The van der Waals surface area contributed by atoms with Crippen LogP contribution < -0.4 is 5.32 Å². The van der Waals surface area contributed by atoms with Gasteiger partial charge in [-0.2, -0.15) is 0 Å². The van der Waals surface area contributed by atoms with E-state index in [4.69, 9.17) is 0 Å². The molecule has 2 nitrogen and oxygen atoms in total. The van der Waals surface area contributed by atoms with Crippen molar-refractivity contribution in [3.63, 3.8) is 0 Å². The number of rotatable bonds is 6. The molecule has 0 spiro atoms. The zero-order chi connectivity index (χ0) is 11.3. The van der Waals surface area contributed by atoms with Gasteiger partial charge in [0.05, 0.1) is 0 Å². The summed E-state index contributed by atoms with van der Waals surface area (Å²) in [6.45, 7) is 11.6. The van der Waals surface area contributed by atoms with Gasteiger partial charge in [-0.15, -0.1) is 0 Å². The SMILES string of the molecule is CCC1CCC(C)N1CCCNC(C)C. The Morgan fingerprint density at radius 3 is 2.67 bits per heavy atom. The summed E-state index contributed by atoms with van der Waals surface area (Å²) in [5.74, 6) is 0. The van der Waals surface area contributed by atoms with Crippen LogP contribution in [0, 0.1) is 0 Å². The van der Waals surface area contributed by atoms with Crippen LogP contribution in [0.25, 0.3) is 0 Å². The van der Waals surface area contributed by atoms with Gasteiger partial charge >= 0.3 is 0 Å². The van der Waals surface area contributed by atoms with E-state index in [1.165, 1.54) is 32.2 Å². The highest BCUT2D eigenvalue weighted by Crippen LogP contribution is 2.25. The van der Waals surface area contributed by atoms with Crippen LogP contribution in [0.3, 0.4) is 0 Å². The lowest BCUT2D eigenvalue weighted by Gasteiger charge is -2.27. The van der Waals surface area contributed by atoms with Gasteiger partial charge < -0.3 is 5.32 Å². The summed E-state index contributed by atoms with van der Waals surface area (Å²) in [5, 5.41) is 3.49. The Bertz CT molecular complexity index is 168. The van der Waals surface area contributed by atoms with E-state index < -0.39 is 0 Å². The zero-order valence-corrected chi connectivity index (χ0v) is 10.9. The Morgan fingerprint density at radius 1 is 1.33 bits per heavy atom. The van der Waals surface area contributed by atoms with Crippen molar-refractivity contribution >= 4 is 0 Å². The molecule has 2 heteroatoms. The number of nitrogens with zero attached hydrogens (tertiary/aromatic N) is 1. The minimum absolute atomic E-state index is 0.628. The van der Waals surface area contributed by atoms with Crippen LogP contribution in [0.2, 0.25) is 0 Å². The first kappa shape index (κ1) is 13.0. The van der Waals surface area contributed by atoms with Crippen LogP contribution in [-0.2, 0) is 0 Å². The van der Waals surface area contributed by atoms with E-state index in [0.29, 0.717) is 6.04 Å². The molecule has 0 aromatic heterocycles. The van der Waals surface area contributed by atoms with Crippen LogP contribution in [0.5, 0.6) is 0 Å². The molecule has 1 aliphatic heterocycles. The lowest BCUT2D eigenvalue weighted by molar-refractivity contribution is 0.195. The maximum absolute atomic E-state index is 3.49. The third kappa shape index (κ3) is 4.12. The Morgan fingerprint density at radius 2 is 2.07 bits per heavy atom. The van der Waals surface area contributed by atoms with Crippen LogP contribution in [0.4, 0.5) is 0 Å². The second-order valence-electron chi connectivity index (χ2n) is 5.19. The molecule has 1 rings (SSSR count). The van der Waals surface area contributed by atoms with E-state index >= 15 is 0 Å². The fourth-order valence-electron chi connectivity index (χ4n) is 2.62. The lowest BCUT2D eigenvalue weighted by atomic mass is 10.1.